The lowest BCUT2D eigenvalue weighted by atomic mass is 10.0. The van der Waals surface area contributed by atoms with Crippen LogP contribution in [0, 0.1) is 12.8 Å². The molecule has 1 aromatic heterocycles. The molecule has 8 nitrogen and oxygen atoms in total. The number of hydrogen-bond donors (Lipinski definition) is 5. The summed E-state index contributed by atoms with van der Waals surface area (Å²) < 4.78 is 0. The molecule has 0 aliphatic heterocycles. The van der Waals surface area contributed by atoms with Gasteiger partial charge in [0, 0.05) is 11.4 Å². The van der Waals surface area contributed by atoms with Crippen molar-refractivity contribution in [1.29, 1.82) is 0 Å². The number of urea groups is 1. The van der Waals surface area contributed by atoms with Crippen LogP contribution in [0.1, 0.15) is 41.8 Å². The number of anilines is 1. The fourth-order valence-corrected chi connectivity index (χ4v) is 4.14. The largest absolute Gasteiger partial charge is 0.480 e. The van der Waals surface area contributed by atoms with Crippen LogP contribution < -0.4 is 22.1 Å². The van der Waals surface area contributed by atoms with Gasteiger partial charge < -0.3 is 21.9 Å². The molecule has 7 N–H and O–H groups in total. The molecule has 2 rings (SSSR count). The third kappa shape index (κ3) is 6.94. The first-order valence-electron chi connectivity index (χ1n) is 9.82. The SMILES string of the molecule is Cc1cc(-c2cc(C(N)=O)c(NC(N)=O)s2)ccc1/C=C/CN[C@@H](CC(C)C)C(=O)O. The summed E-state index contributed by atoms with van der Waals surface area (Å²) in [5.74, 6) is -1.20. The average molecular weight is 445 g/mol. The van der Waals surface area contributed by atoms with Gasteiger partial charge in [0.1, 0.15) is 11.0 Å². The van der Waals surface area contributed by atoms with Crippen molar-refractivity contribution in [2.75, 3.05) is 11.9 Å². The maximum absolute atomic E-state index is 11.6. The Bertz CT molecular complexity index is 997. The molecule has 1 heterocycles. The van der Waals surface area contributed by atoms with Crippen molar-refractivity contribution in [1.82, 2.24) is 5.32 Å². The molecule has 9 heteroatoms. The van der Waals surface area contributed by atoms with Gasteiger partial charge in [0.25, 0.3) is 5.91 Å². The van der Waals surface area contributed by atoms with Gasteiger partial charge in [-0.3, -0.25) is 14.9 Å². The van der Waals surface area contributed by atoms with E-state index >= 15 is 0 Å². The lowest BCUT2D eigenvalue weighted by Gasteiger charge is -2.15. The number of benzene rings is 1. The highest BCUT2D eigenvalue weighted by Gasteiger charge is 2.18. The highest BCUT2D eigenvalue weighted by Crippen LogP contribution is 2.36. The van der Waals surface area contributed by atoms with Crippen LogP contribution in [0.3, 0.4) is 0 Å². The number of carboxylic acid groups (broad SMARTS) is 1. The van der Waals surface area contributed by atoms with Gasteiger partial charge in [-0.05, 0) is 42.0 Å². The molecule has 1 aromatic carbocycles. The topological polar surface area (TPSA) is 148 Å². The maximum atomic E-state index is 11.6. The smallest absolute Gasteiger partial charge is 0.320 e. The van der Waals surface area contributed by atoms with Crippen LogP contribution in [-0.4, -0.2) is 35.6 Å². The second-order valence-corrected chi connectivity index (χ2v) is 8.66. The van der Waals surface area contributed by atoms with Gasteiger partial charge in [0.05, 0.1) is 5.56 Å². The molecule has 166 valence electrons. The van der Waals surface area contributed by atoms with E-state index in [4.69, 9.17) is 11.5 Å². The summed E-state index contributed by atoms with van der Waals surface area (Å²) in [6, 6.07) is 6.11. The summed E-state index contributed by atoms with van der Waals surface area (Å²) in [6.07, 6.45) is 4.39. The Hall–Kier alpha value is -3.17. The normalized spacial score (nSPS) is 12.3. The maximum Gasteiger partial charge on any atom is 0.320 e. The van der Waals surface area contributed by atoms with E-state index in [-0.39, 0.29) is 5.56 Å². The van der Waals surface area contributed by atoms with E-state index in [9.17, 15) is 19.5 Å². The molecule has 0 spiro atoms. The predicted octanol–water partition coefficient (Wildman–Crippen LogP) is 3.42. The minimum Gasteiger partial charge on any atom is -0.480 e. The Morgan fingerprint density at radius 1 is 1.19 bits per heavy atom. The van der Waals surface area contributed by atoms with E-state index in [2.05, 4.69) is 10.6 Å². The molecule has 0 fully saturated rings. The van der Waals surface area contributed by atoms with E-state index in [1.165, 1.54) is 11.3 Å². The van der Waals surface area contributed by atoms with Gasteiger partial charge in [-0.25, -0.2) is 4.79 Å². The Morgan fingerprint density at radius 2 is 1.90 bits per heavy atom. The molecule has 0 aliphatic rings. The lowest BCUT2D eigenvalue weighted by Crippen LogP contribution is -2.37. The van der Waals surface area contributed by atoms with Gasteiger partial charge in [-0.2, -0.15) is 0 Å². The number of carbonyl (C=O) groups is 3. The number of nitrogens with two attached hydrogens (primary N) is 2. The van der Waals surface area contributed by atoms with Crippen LogP contribution in [0.2, 0.25) is 0 Å². The molecule has 0 bridgehead atoms. The fourth-order valence-electron chi connectivity index (χ4n) is 3.08. The molecule has 1 atom stereocenters. The second kappa shape index (κ2) is 10.7. The Kier molecular flexibility index (Phi) is 8.35. The summed E-state index contributed by atoms with van der Waals surface area (Å²) in [4.78, 5) is 34.9. The fraction of sp³-hybridized carbons (Fsp3) is 0.318. The third-order valence-corrected chi connectivity index (χ3v) is 5.67. The van der Waals surface area contributed by atoms with Crippen LogP contribution >= 0.6 is 11.3 Å². The van der Waals surface area contributed by atoms with Crippen LogP contribution in [0.5, 0.6) is 0 Å². The third-order valence-electron chi connectivity index (χ3n) is 4.57. The molecule has 0 saturated heterocycles. The molecule has 0 aliphatic carbocycles. The summed E-state index contributed by atoms with van der Waals surface area (Å²) >= 11 is 1.22. The van der Waals surface area contributed by atoms with Crippen LogP contribution in [0.25, 0.3) is 16.5 Å². The number of thiophene rings is 1. The van der Waals surface area contributed by atoms with Crippen LogP contribution in [-0.2, 0) is 4.79 Å². The highest BCUT2D eigenvalue weighted by atomic mass is 32.1. The molecule has 3 amide bonds. The first-order valence-corrected chi connectivity index (χ1v) is 10.6. The van der Waals surface area contributed by atoms with Crippen molar-refractivity contribution in [2.45, 2.75) is 33.2 Å². The molecular formula is C22H28N4O4S. The van der Waals surface area contributed by atoms with Crippen LogP contribution in [0.4, 0.5) is 9.80 Å². The number of rotatable bonds is 10. The van der Waals surface area contributed by atoms with Crippen molar-refractivity contribution in [3.8, 4) is 10.4 Å². The number of carbonyl (C=O) groups excluding carboxylic acids is 2. The molecule has 0 radical (unpaired) electrons. The second-order valence-electron chi connectivity index (χ2n) is 7.61. The van der Waals surface area contributed by atoms with E-state index in [0.29, 0.717) is 23.9 Å². The minimum atomic E-state index is -0.848. The lowest BCUT2D eigenvalue weighted by molar-refractivity contribution is -0.139. The zero-order chi connectivity index (χ0) is 23.1. The number of carboxylic acids is 1. The average Bonchev–Trinajstić information content (AvgIpc) is 3.08. The van der Waals surface area contributed by atoms with Crippen molar-refractivity contribution in [3.63, 3.8) is 0 Å². The standard InChI is InChI=1S/C22H28N4O4S/c1-12(2)9-17(21(28)29)25-8-4-5-14-6-7-15(10-13(14)3)18-11-16(19(23)27)20(31-18)26-22(24)30/h4-7,10-12,17,25H,8-9H2,1-3H3,(H2,23,27)(H,28,29)(H3,24,26,30)/b5-4+/t17-/m0/s1. The molecular weight excluding hydrogens is 416 g/mol. The molecule has 0 unspecified atom stereocenters. The molecule has 2 aromatic rings. The van der Waals surface area contributed by atoms with Crippen molar-refractivity contribution in [3.05, 3.63) is 47.0 Å². The van der Waals surface area contributed by atoms with E-state index in [1.807, 2.05) is 51.1 Å². The minimum absolute atomic E-state index is 0.209. The summed E-state index contributed by atoms with van der Waals surface area (Å²) in [6.45, 7) is 6.39. The zero-order valence-electron chi connectivity index (χ0n) is 17.8. The Morgan fingerprint density at radius 3 is 2.45 bits per heavy atom. The van der Waals surface area contributed by atoms with Crippen molar-refractivity contribution < 1.29 is 19.5 Å². The number of hydrogen-bond acceptors (Lipinski definition) is 5. The van der Waals surface area contributed by atoms with Gasteiger partial charge in [0.2, 0.25) is 0 Å². The number of amides is 3. The first-order chi connectivity index (χ1) is 14.6. The van der Waals surface area contributed by atoms with E-state index < -0.39 is 23.9 Å². The monoisotopic (exact) mass is 444 g/mol. The Labute approximate surface area is 185 Å². The van der Waals surface area contributed by atoms with Gasteiger partial charge >= 0.3 is 12.0 Å². The number of aliphatic carboxylic acids is 1. The highest BCUT2D eigenvalue weighted by molar-refractivity contribution is 7.20. The van der Waals surface area contributed by atoms with Crippen LogP contribution in [0.15, 0.2) is 30.3 Å². The summed E-state index contributed by atoms with van der Waals surface area (Å²) in [7, 11) is 0. The van der Waals surface area contributed by atoms with Gasteiger partial charge in [-0.15, -0.1) is 11.3 Å². The quantitative estimate of drug-likeness (QED) is 0.381. The molecule has 31 heavy (non-hydrogen) atoms. The van der Waals surface area contributed by atoms with Crippen molar-refractivity contribution in [2.24, 2.45) is 17.4 Å². The predicted molar refractivity (Wildman–Crippen MR) is 124 cm³/mol. The van der Waals surface area contributed by atoms with Crippen molar-refractivity contribution >= 4 is 40.3 Å². The number of nitrogens with one attached hydrogen (secondary N) is 2. The van der Waals surface area contributed by atoms with Gasteiger partial charge in [0.15, 0.2) is 0 Å². The summed E-state index contributed by atoms with van der Waals surface area (Å²) in [5.41, 5.74) is 13.6. The van der Waals surface area contributed by atoms with E-state index in [1.54, 1.807) is 6.07 Å². The number of aryl methyl sites for hydroxylation is 1. The first kappa shape index (κ1) is 24.1. The summed E-state index contributed by atoms with van der Waals surface area (Å²) in [5, 5.41) is 15.1. The van der Waals surface area contributed by atoms with E-state index in [0.717, 1.165) is 21.6 Å². The molecule has 0 saturated carbocycles. The number of primary amides is 2. The Balaban J connectivity index is 2.13. The zero-order valence-corrected chi connectivity index (χ0v) is 18.6. The van der Waals surface area contributed by atoms with Gasteiger partial charge in [-0.1, -0.05) is 44.2 Å².